The molecule has 0 saturated carbocycles. The van der Waals surface area contributed by atoms with Gasteiger partial charge in [0, 0.05) is 18.6 Å². The van der Waals surface area contributed by atoms with Crippen molar-refractivity contribution in [2.24, 2.45) is 0 Å². The van der Waals surface area contributed by atoms with Crippen LogP contribution in [0, 0.1) is 30.2 Å². The van der Waals surface area contributed by atoms with Crippen LogP contribution in [0.1, 0.15) is 54.9 Å². The highest BCUT2D eigenvalue weighted by atomic mass is 32.2. The molecule has 0 amide bonds. The van der Waals surface area contributed by atoms with Crippen molar-refractivity contribution in [3.05, 3.63) is 63.7 Å². The molecule has 4 nitrogen and oxygen atoms in total. The number of aliphatic hydroxyl groups is 1. The van der Waals surface area contributed by atoms with E-state index in [1.54, 1.807) is 25.1 Å². The molecule has 0 fully saturated rings. The van der Waals surface area contributed by atoms with Crippen molar-refractivity contribution in [2.45, 2.75) is 44.4 Å². The van der Waals surface area contributed by atoms with Gasteiger partial charge in [-0.1, -0.05) is 44.5 Å². The molecule has 0 bridgehead atoms. The third-order valence-corrected chi connectivity index (χ3v) is 5.15. The Morgan fingerprint density at radius 2 is 1.32 bits per heavy atom. The van der Waals surface area contributed by atoms with E-state index in [2.05, 4.69) is 0 Å². The largest absolute Gasteiger partial charge is 0.400 e. The minimum Gasteiger partial charge on any atom is -0.400 e. The van der Waals surface area contributed by atoms with Crippen LogP contribution < -0.4 is 0 Å². The molecule has 0 spiro atoms. The molecule has 1 unspecified atom stereocenters. The molecule has 2 rings (SSSR count). The van der Waals surface area contributed by atoms with E-state index in [1.165, 1.54) is 6.92 Å². The predicted octanol–water partition coefficient (Wildman–Crippen LogP) is 4.68. The van der Waals surface area contributed by atoms with Crippen molar-refractivity contribution in [2.75, 3.05) is 7.11 Å². The molecule has 2 aromatic rings. The number of hydrogen-bond acceptors (Lipinski definition) is 3. The summed E-state index contributed by atoms with van der Waals surface area (Å²) in [5, 5.41) is 7.00. The van der Waals surface area contributed by atoms with Gasteiger partial charge in [0.25, 0.3) is 0 Å². The summed E-state index contributed by atoms with van der Waals surface area (Å²) in [7, 11) is -4.47. The fraction of sp³-hybridized carbons (Fsp3) is 0.368. The van der Waals surface area contributed by atoms with Crippen molar-refractivity contribution in [3.8, 4) is 0 Å². The Balaban J connectivity index is 0.00000190. The number of aliphatic hydroxyl groups excluding tert-OH is 1. The van der Waals surface area contributed by atoms with Crippen molar-refractivity contribution < 1.29 is 35.6 Å². The average Bonchev–Trinajstić information content (AvgIpc) is 2.60. The Hall–Kier alpha value is -1.97. The van der Waals surface area contributed by atoms with Gasteiger partial charge in [-0.3, -0.25) is 4.55 Å². The van der Waals surface area contributed by atoms with Crippen LogP contribution in [0.15, 0.2) is 23.1 Å². The topological polar surface area (TPSA) is 74.6 Å². The van der Waals surface area contributed by atoms with E-state index in [0.717, 1.165) is 18.2 Å². The van der Waals surface area contributed by atoms with Crippen LogP contribution in [0.4, 0.5) is 17.6 Å². The third kappa shape index (κ3) is 4.53. The molecular weight excluding hydrogens is 400 g/mol. The first-order chi connectivity index (χ1) is 12.9. The molecule has 0 aliphatic carbocycles. The second kappa shape index (κ2) is 9.02. The summed E-state index contributed by atoms with van der Waals surface area (Å²) in [6.45, 7) is 6.84. The normalized spacial score (nSPS) is 12.6. The van der Waals surface area contributed by atoms with Crippen LogP contribution >= 0.6 is 0 Å². The molecule has 0 aliphatic rings. The van der Waals surface area contributed by atoms with Gasteiger partial charge in [-0.15, -0.1) is 0 Å². The van der Waals surface area contributed by atoms with E-state index >= 15 is 0 Å². The van der Waals surface area contributed by atoms with Gasteiger partial charge < -0.3 is 5.11 Å². The number of hydrogen-bond donors (Lipinski definition) is 2. The van der Waals surface area contributed by atoms with Crippen molar-refractivity contribution in [3.63, 3.8) is 0 Å². The molecule has 0 aliphatic heterocycles. The maximum absolute atomic E-state index is 14.4. The Morgan fingerprint density at radius 3 is 1.71 bits per heavy atom. The standard InChI is InChI=1S/C18H18F4O3S.CH4O/c1-8(2)11-6-5-9(3)7-12(11)10(4)13-14(19)16(21)18(26(23,24)25)17(22)15(13)20;1-2/h5-8,10H,1-4H3,(H,23,24,25);2H,1H3. The van der Waals surface area contributed by atoms with Crippen LogP contribution in [-0.2, 0) is 10.1 Å². The number of rotatable bonds is 4. The zero-order valence-electron chi connectivity index (χ0n) is 16.0. The number of benzene rings is 2. The molecule has 9 heteroatoms. The van der Waals surface area contributed by atoms with Gasteiger partial charge in [-0.25, -0.2) is 17.6 Å². The third-order valence-electron chi connectivity index (χ3n) is 4.28. The van der Waals surface area contributed by atoms with Gasteiger partial charge in [0.1, 0.15) is 0 Å². The summed E-state index contributed by atoms with van der Waals surface area (Å²) in [4.78, 5) is -2.03. The second-order valence-corrected chi connectivity index (χ2v) is 7.84. The monoisotopic (exact) mass is 422 g/mol. The zero-order chi connectivity index (χ0) is 22.0. The molecule has 2 aromatic carbocycles. The zero-order valence-corrected chi connectivity index (χ0v) is 16.8. The quantitative estimate of drug-likeness (QED) is 0.426. The summed E-state index contributed by atoms with van der Waals surface area (Å²) in [5.74, 6) is -9.10. The highest BCUT2D eigenvalue weighted by molar-refractivity contribution is 7.85. The lowest BCUT2D eigenvalue weighted by atomic mass is 9.84. The lowest BCUT2D eigenvalue weighted by Gasteiger charge is -2.22. The first kappa shape index (κ1) is 24.1. The van der Waals surface area contributed by atoms with Crippen molar-refractivity contribution in [1.29, 1.82) is 0 Å². The van der Waals surface area contributed by atoms with Gasteiger partial charge >= 0.3 is 10.1 Å². The minimum absolute atomic E-state index is 0.0223. The lowest BCUT2D eigenvalue weighted by molar-refractivity contribution is 0.391. The van der Waals surface area contributed by atoms with E-state index in [-0.39, 0.29) is 5.92 Å². The summed E-state index contributed by atoms with van der Waals surface area (Å²) < 4.78 is 88.1. The van der Waals surface area contributed by atoms with Gasteiger partial charge in [-0.05, 0) is 24.0 Å². The molecular formula is C19H22F4O4S. The molecule has 0 saturated heterocycles. The van der Waals surface area contributed by atoms with Gasteiger partial charge in [0.05, 0.1) is 0 Å². The molecule has 0 radical (unpaired) electrons. The molecule has 0 heterocycles. The van der Waals surface area contributed by atoms with Crippen LogP contribution in [0.2, 0.25) is 0 Å². The molecule has 156 valence electrons. The van der Waals surface area contributed by atoms with Crippen LogP contribution in [0.3, 0.4) is 0 Å². The van der Waals surface area contributed by atoms with E-state index in [0.29, 0.717) is 5.56 Å². The fourth-order valence-corrected chi connectivity index (χ4v) is 3.62. The van der Waals surface area contributed by atoms with Crippen molar-refractivity contribution in [1.82, 2.24) is 0 Å². The Kier molecular flexibility index (Phi) is 7.75. The van der Waals surface area contributed by atoms with E-state index in [1.807, 2.05) is 13.8 Å². The SMILES string of the molecule is CO.Cc1ccc(C(C)C)c(C(C)c2c(F)c(F)c(S(=O)(=O)O)c(F)c2F)c1. The molecule has 1 atom stereocenters. The molecule has 2 N–H and O–H groups in total. The van der Waals surface area contributed by atoms with E-state index in [4.69, 9.17) is 9.66 Å². The Labute approximate surface area is 161 Å². The van der Waals surface area contributed by atoms with Gasteiger partial charge in [-0.2, -0.15) is 8.42 Å². The lowest BCUT2D eigenvalue weighted by Crippen LogP contribution is -2.16. The smallest absolute Gasteiger partial charge is 0.300 e. The molecule has 0 aromatic heterocycles. The number of halogens is 4. The maximum atomic E-state index is 14.4. The Bertz CT molecular complexity index is 943. The summed E-state index contributed by atoms with van der Waals surface area (Å²) >= 11 is 0. The van der Waals surface area contributed by atoms with Gasteiger partial charge in [0.15, 0.2) is 28.2 Å². The highest BCUT2D eigenvalue weighted by Crippen LogP contribution is 2.37. The number of aryl methyl sites for hydroxylation is 1. The minimum atomic E-state index is -5.47. The predicted molar refractivity (Wildman–Crippen MR) is 97.0 cm³/mol. The highest BCUT2D eigenvalue weighted by Gasteiger charge is 2.34. The average molecular weight is 422 g/mol. The summed E-state index contributed by atoms with van der Waals surface area (Å²) in [5.41, 5.74) is 1.06. The summed E-state index contributed by atoms with van der Waals surface area (Å²) in [6, 6.07) is 5.23. The molecule has 28 heavy (non-hydrogen) atoms. The Morgan fingerprint density at radius 1 is 0.857 bits per heavy atom. The summed E-state index contributed by atoms with van der Waals surface area (Å²) in [6.07, 6.45) is 0. The first-order valence-corrected chi connectivity index (χ1v) is 9.70. The van der Waals surface area contributed by atoms with E-state index in [9.17, 15) is 26.0 Å². The van der Waals surface area contributed by atoms with E-state index < -0.39 is 49.8 Å². The van der Waals surface area contributed by atoms with Gasteiger partial charge in [0.2, 0.25) is 0 Å². The van der Waals surface area contributed by atoms with Crippen LogP contribution in [0.5, 0.6) is 0 Å². The first-order valence-electron chi connectivity index (χ1n) is 8.26. The maximum Gasteiger partial charge on any atom is 0.300 e. The van der Waals surface area contributed by atoms with Crippen LogP contribution in [-0.4, -0.2) is 25.2 Å². The van der Waals surface area contributed by atoms with Crippen LogP contribution in [0.25, 0.3) is 0 Å². The van der Waals surface area contributed by atoms with Crippen molar-refractivity contribution >= 4 is 10.1 Å². The second-order valence-electron chi connectivity index (χ2n) is 6.48. The fourth-order valence-electron chi connectivity index (χ4n) is 2.99.